The summed E-state index contributed by atoms with van der Waals surface area (Å²) in [5.41, 5.74) is 0.941. The highest BCUT2D eigenvalue weighted by molar-refractivity contribution is 5.90. The number of methoxy groups -OCH3 is 1. The zero-order chi connectivity index (χ0) is 14.8. The smallest absolute Gasteiger partial charge is 0.335 e. The fraction of sp³-hybridized carbons (Fsp3) is 0.812. The van der Waals surface area contributed by atoms with Crippen LogP contribution in [0, 0.1) is 16.2 Å². The summed E-state index contributed by atoms with van der Waals surface area (Å²) in [6.07, 6.45) is 2.14. The molecule has 19 heavy (non-hydrogen) atoms. The number of carbonyl (C=O) groups is 1. The monoisotopic (exact) mass is 265 g/mol. The third kappa shape index (κ3) is 1.63. The Morgan fingerprint density at radius 3 is 2.16 bits per heavy atom. The quantitative estimate of drug-likeness (QED) is 0.683. The second-order valence-electron chi connectivity index (χ2n) is 7.83. The Morgan fingerprint density at radius 2 is 1.68 bits per heavy atom. The first kappa shape index (κ1) is 14.6. The van der Waals surface area contributed by atoms with Crippen LogP contribution in [0.3, 0.4) is 0 Å². The molecular weight excluding hydrogens is 238 g/mol. The fourth-order valence-electron chi connectivity index (χ4n) is 4.78. The van der Waals surface area contributed by atoms with Crippen LogP contribution in [0.4, 0.5) is 0 Å². The maximum Gasteiger partial charge on any atom is 0.335 e. The molecule has 0 spiro atoms. The molecule has 0 amide bonds. The van der Waals surface area contributed by atoms with Gasteiger partial charge in [-0.3, -0.25) is 4.90 Å². The molecule has 1 saturated heterocycles. The van der Waals surface area contributed by atoms with Crippen molar-refractivity contribution in [2.24, 2.45) is 16.2 Å². The highest BCUT2D eigenvalue weighted by atomic mass is 16.5. The highest BCUT2D eigenvalue weighted by Crippen LogP contribution is 2.62. The van der Waals surface area contributed by atoms with Crippen LogP contribution >= 0.6 is 0 Å². The zero-order valence-electron chi connectivity index (χ0n) is 13.5. The molecule has 0 aromatic rings. The molecule has 3 heteroatoms. The zero-order valence-corrected chi connectivity index (χ0v) is 13.5. The lowest BCUT2D eigenvalue weighted by atomic mass is 9.61. The van der Waals surface area contributed by atoms with Gasteiger partial charge in [-0.25, -0.2) is 4.79 Å². The average molecular weight is 265 g/mol. The van der Waals surface area contributed by atoms with E-state index in [1.54, 1.807) is 0 Å². The standard InChI is InChI=1S/C16H27NO2/c1-14(2)9-10(12(18)19-8)11-15(3,4)16(5,6)13(14)17(11)7/h9,11,13H,1-8H3/t11?,13-/m0/s1. The molecule has 2 aliphatic rings. The predicted molar refractivity (Wildman–Crippen MR) is 76.8 cm³/mol. The fourth-order valence-corrected chi connectivity index (χ4v) is 4.78. The first-order chi connectivity index (χ1) is 8.48. The molecule has 2 heterocycles. The number of fused-ring (bicyclic) bond motifs is 2. The molecule has 1 fully saturated rings. The van der Waals surface area contributed by atoms with Crippen molar-refractivity contribution in [2.45, 2.75) is 53.6 Å². The predicted octanol–water partition coefficient (Wildman–Crippen LogP) is 2.86. The van der Waals surface area contributed by atoms with Gasteiger partial charge in [0.05, 0.1) is 12.7 Å². The molecule has 0 aromatic carbocycles. The average Bonchev–Trinajstić information content (AvgIpc) is 2.34. The van der Waals surface area contributed by atoms with E-state index in [2.05, 4.69) is 59.6 Å². The number of likely N-dealkylation sites (N-methyl/N-ethyl adjacent to an activating group) is 1. The molecule has 0 radical (unpaired) electrons. The number of rotatable bonds is 1. The molecule has 2 atom stereocenters. The van der Waals surface area contributed by atoms with Crippen LogP contribution in [0.5, 0.6) is 0 Å². The van der Waals surface area contributed by atoms with Gasteiger partial charge in [0, 0.05) is 12.1 Å². The van der Waals surface area contributed by atoms with Crippen LogP contribution in [0.15, 0.2) is 11.6 Å². The second-order valence-corrected chi connectivity index (χ2v) is 7.83. The normalized spacial score (nSPS) is 34.8. The SMILES string of the molecule is COC(=O)C1=CC(C)(C)[C@@H]2N(C)C1C(C)(C)C2(C)C. The Balaban J connectivity index is 2.65. The van der Waals surface area contributed by atoms with Crippen molar-refractivity contribution in [2.75, 3.05) is 14.2 Å². The van der Waals surface area contributed by atoms with E-state index in [1.165, 1.54) is 7.11 Å². The van der Waals surface area contributed by atoms with Crippen molar-refractivity contribution >= 4 is 5.97 Å². The van der Waals surface area contributed by atoms with Gasteiger partial charge in [0.15, 0.2) is 0 Å². The first-order valence-electron chi connectivity index (χ1n) is 7.01. The number of hydrogen-bond acceptors (Lipinski definition) is 3. The maximum absolute atomic E-state index is 12.2. The minimum Gasteiger partial charge on any atom is -0.466 e. The molecule has 2 rings (SSSR count). The van der Waals surface area contributed by atoms with E-state index in [9.17, 15) is 4.79 Å². The minimum atomic E-state index is -0.186. The summed E-state index contributed by atoms with van der Waals surface area (Å²) >= 11 is 0. The van der Waals surface area contributed by atoms with Crippen LogP contribution < -0.4 is 0 Å². The van der Waals surface area contributed by atoms with Gasteiger partial charge >= 0.3 is 5.97 Å². The van der Waals surface area contributed by atoms with E-state index in [-0.39, 0.29) is 28.3 Å². The van der Waals surface area contributed by atoms with Gasteiger partial charge in [-0.1, -0.05) is 47.6 Å². The minimum absolute atomic E-state index is 0.0280. The Morgan fingerprint density at radius 1 is 1.16 bits per heavy atom. The largest absolute Gasteiger partial charge is 0.466 e. The van der Waals surface area contributed by atoms with E-state index in [0.29, 0.717) is 6.04 Å². The lowest BCUT2D eigenvalue weighted by molar-refractivity contribution is -0.137. The van der Waals surface area contributed by atoms with Crippen molar-refractivity contribution in [1.82, 2.24) is 4.90 Å². The van der Waals surface area contributed by atoms with Crippen LogP contribution in [0.2, 0.25) is 0 Å². The summed E-state index contributed by atoms with van der Waals surface area (Å²) in [6.45, 7) is 13.6. The van der Waals surface area contributed by atoms with Gasteiger partial charge in [0.25, 0.3) is 0 Å². The van der Waals surface area contributed by atoms with E-state index < -0.39 is 0 Å². The summed E-state index contributed by atoms with van der Waals surface area (Å²) in [5.74, 6) is -0.186. The van der Waals surface area contributed by atoms with E-state index in [1.807, 2.05) is 0 Å². The van der Waals surface area contributed by atoms with Gasteiger partial charge in [-0.2, -0.15) is 0 Å². The second kappa shape index (κ2) is 3.85. The number of ether oxygens (including phenoxy) is 1. The van der Waals surface area contributed by atoms with Crippen molar-refractivity contribution in [3.8, 4) is 0 Å². The topological polar surface area (TPSA) is 29.5 Å². The summed E-state index contributed by atoms with van der Waals surface area (Å²) in [7, 11) is 3.61. The van der Waals surface area contributed by atoms with Gasteiger partial charge in [0.1, 0.15) is 0 Å². The van der Waals surface area contributed by atoms with E-state index in [4.69, 9.17) is 4.74 Å². The summed E-state index contributed by atoms with van der Waals surface area (Å²) in [6, 6.07) is 0.557. The Kier molecular flexibility index (Phi) is 2.95. The van der Waals surface area contributed by atoms with Gasteiger partial charge in [0.2, 0.25) is 0 Å². The lowest BCUT2D eigenvalue weighted by Crippen LogP contribution is -2.50. The van der Waals surface area contributed by atoms with Gasteiger partial charge in [-0.05, 0) is 23.3 Å². The molecular formula is C16H27NO2. The Hall–Kier alpha value is -0.830. The Labute approximate surface area is 117 Å². The number of hydrogen-bond donors (Lipinski definition) is 0. The number of nitrogens with zero attached hydrogens (tertiary/aromatic N) is 1. The molecule has 0 aromatic heterocycles. The maximum atomic E-state index is 12.2. The molecule has 2 bridgehead atoms. The summed E-state index contributed by atoms with van der Waals surface area (Å²) in [4.78, 5) is 14.6. The summed E-state index contributed by atoms with van der Waals surface area (Å²) in [5, 5.41) is 0. The molecule has 0 aliphatic carbocycles. The van der Waals surface area contributed by atoms with E-state index >= 15 is 0 Å². The van der Waals surface area contributed by atoms with Gasteiger partial charge < -0.3 is 4.74 Å². The van der Waals surface area contributed by atoms with Crippen molar-refractivity contribution in [3.05, 3.63) is 11.6 Å². The van der Waals surface area contributed by atoms with Crippen LogP contribution in [0.1, 0.15) is 41.5 Å². The third-order valence-electron chi connectivity index (χ3n) is 5.79. The van der Waals surface area contributed by atoms with Crippen LogP contribution in [-0.2, 0) is 9.53 Å². The van der Waals surface area contributed by atoms with E-state index in [0.717, 1.165) is 5.57 Å². The molecule has 108 valence electrons. The van der Waals surface area contributed by atoms with Crippen molar-refractivity contribution in [1.29, 1.82) is 0 Å². The molecule has 0 N–H and O–H groups in total. The van der Waals surface area contributed by atoms with Crippen LogP contribution in [-0.4, -0.2) is 37.1 Å². The number of esters is 1. The number of carbonyl (C=O) groups excluding carboxylic acids is 1. The van der Waals surface area contributed by atoms with Gasteiger partial charge in [-0.15, -0.1) is 0 Å². The van der Waals surface area contributed by atoms with Crippen LogP contribution in [0.25, 0.3) is 0 Å². The van der Waals surface area contributed by atoms with Crippen molar-refractivity contribution < 1.29 is 9.53 Å². The van der Waals surface area contributed by atoms with Crippen molar-refractivity contribution in [3.63, 3.8) is 0 Å². The summed E-state index contributed by atoms with van der Waals surface area (Å²) < 4.78 is 5.01. The molecule has 1 unspecified atom stereocenters. The molecule has 3 nitrogen and oxygen atoms in total. The highest BCUT2D eigenvalue weighted by Gasteiger charge is 2.65. The molecule has 2 aliphatic heterocycles. The Bertz CT molecular complexity index is 446. The first-order valence-corrected chi connectivity index (χ1v) is 7.01. The lowest BCUT2D eigenvalue weighted by Gasteiger charge is -2.45. The third-order valence-corrected chi connectivity index (χ3v) is 5.79. The molecule has 0 saturated carbocycles.